The predicted octanol–water partition coefficient (Wildman–Crippen LogP) is 6.75. The number of hydrogen-bond acceptors (Lipinski definition) is 4. The molecule has 0 bridgehead atoms. The SMILES string of the molecule is COc1ccc(C2CC(=O)C3=C(C2)Nc2ccccc2NC3c2ccc(C)c(Br)c2)cc1. The Labute approximate surface area is 196 Å². The molecule has 0 fully saturated rings. The van der Waals surface area contributed by atoms with Gasteiger partial charge in [-0.15, -0.1) is 0 Å². The molecule has 0 aromatic heterocycles. The molecule has 32 heavy (non-hydrogen) atoms. The largest absolute Gasteiger partial charge is 0.497 e. The summed E-state index contributed by atoms with van der Waals surface area (Å²) in [4.78, 5) is 13.6. The molecule has 4 nitrogen and oxygen atoms in total. The van der Waals surface area contributed by atoms with Gasteiger partial charge in [0, 0.05) is 22.2 Å². The van der Waals surface area contributed by atoms with E-state index in [-0.39, 0.29) is 17.7 Å². The second-order valence-electron chi connectivity index (χ2n) is 8.45. The lowest BCUT2D eigenvalue weighted by atomic mass is 9.78. The Balaban J connectivity index is 1.59. The third-order valence-corrected chi connectivity index (χ3v) is 7.28. The molecule has 2 aliphatic rings. The number of hydrogen-bond donors (Lipinski definition) is 2. The van der Waals surface area contributed by atoms with E-state index in [2.05, 4.69) is 76.0 Å². The van der Waals surface area contributed by atoms with Gasteiger partial charge in [0.05, 0.1) is 24.5 Å². The molecule has 0 saturated carbocycles. The number of fused-ring (bicyclic) bond motifs is 1. The maximum atomic E-state index is 13.6. The zero-order chi connectivity index (χ0) is 22.2. The van der Waals surface area contributed by atoms with E-state index in [1.54, 1.807) is 7.11 Å². The summed E-state index contributed by atoms with van der Waals surface area (Å²) in [5.41, 5.74) is 7.24. The highest BCUT2D eigenvalue weighted by Crippen LogP contribution is 2.44. The van der Waals surface area contributed by atoms with Gasteiger partial charge in [-0.05, 0) is 66.3 Å². The van der Waals surface area contributed by atoms with Crippen LogP contribution in [-0.4, -0.2) is 12.9 Å². The van der Waals surface area contributed by atoms with Crippen LogP contribution in [0.3, 0.4) is 0 Å². The molecule has 1 aliphatic heterocycles. The van der Waals surface area contributed by atoms with Crippen molar-refractivity contribution in [3.05, 3.63) is 99.2 Å². The summed E-state index contributed by atoms with van der Waals surface area (Å²) >= 11 is 3.66. The number of ether oxygens (including phenoxy) is 1. The second kappa shape index (κ2) is 8.47. The Morgan fingerprint density at radius 2 is 1.66 bits per heavy atom. The first kappa shape index (κ1) is 20.8. The van der Waals surface area contributed by atoms with Crippen molar-refractivity contribution in [3.8, 4) is 5.75 Å². The number of rotatable bonds is 3. The van der Waals surface area contributed by atoms with Crippen molar-refractivity contribution in [2.75, 3.05) is 17.7 Å². The van der Waals surface area contributed by atoms with Crippen LogP contribution in [0, 0.1) is 6.92 Å². The van der Waals surface area contributed by atoms with E-state index in [0.717, 1.165) is 50.4 Å². The number of halogens is 1. The number of carbonyl (C=O) groups excluding carboxylic acids is 1. The molecule has 5 rings (SSSR count). The lowest BCUT2D eigenvalue weighted by molar-refractivity contribution is -0.116. The Bertz CT molecular complexity index is 1220. The smallest absolute Gasteiger partial charge is 0.163 e. The maximum Gasteiger partial charge on any atom is 0.163 e. The van der Waals surface area contributed by atoms with Crippen molar-refractivity contribution in [2.24, 2.45) is 0 Å². The van der Waals surface area contributed by atoms with Crippen molar-refractivity contribution >= 4 is 33.1 Å². The summed E-state index contributed by atoms with van der Waals surface area (Å²) in [6.45, 7) is 2.07. The van der Waals surface area contributed by atoms with Gasteiger partial charge < -0.3 is 15.4 Å². The minimum absolute atomic E-state index is 0.135. The molecule has 0 spiro atoms. The second-order valence-corrected chi connectivity index (χ2v) is 9.30. The van der Waals surface area contributed by atoms with Crippen molar-refractivity contribution in [2.45, 2.75) is 31.7 Å². The van der Waals surface area contributed by atoms with Crippen LogP contribution in [0.5, 0.6) is 5.75 Å². The molecule has 1 aliphatic carbocycles. The average molecular weight is 489 g/mol. The molecule has 2 atom stereocenters. The zero-order valence-electron chi connectivity index (χ0n) is 18.1. The van der Waals surface area contributed by atoms with Crippen molar-refractivity contribution in [1.82, 2.24) is 0 Å². The fourth-order valence-corrected chi connectivity index (χ4v) is 5.04. The summed E-state index contributed by atoms with van der Waals surface area (Å²) in [6, 6.07) is 22.3. The fourth-order valence-electron chi connectivity index (χ4n) is 4.64. The standard InChI is InChI=1S/C27H25BrN2O2/c1-16-7-8-18(13-21(16)28)27-26-24(29-22-5-3-4-6-23(22)30-27)14-19(15-25(26)31)17-9-11-20(32-2)12-10-17/h3-13,19,27,29-30H,14-15H2,1-2H3. The van der Waals surface area contributed by atoms with Crippen LogP contribution in [-0.2, 0) is 4.79 Å². The molecule has 2 unspecified atom stereocenters. The number of anilines is 2. The topological polar surface area (TPSA) is 50.4 Å². The Morgan fingerprint density at radius 3 is 2.38 bits per heavy atom. The molecular formula is C27H25BrN2O2. The van der Waals surface area contributed by atoms with E-state index < -0.39 is 0 Å². The van der Waals surface area contributed by atoms with Crippen LogP contribution in [0.25, 0.3) is 0 Å². The summed E-state index contributed by atoms with van der Waals surface area (Å²) in [7, 11) is 1.67. The van der Waals surface area contributed by atoms with Gasteiger partial charge in [-0.1, -0.05) is 52.3 Å². The number of carbonyl (C=O) groups is 1. The minimum Gasteiger partial charge on any atom is -0.497 e. The molecule has 1 heterocycles. The number of Topliss-reactive ketones (excluding diaryl/α,β-unsaturated/α-hetero) is 1. The normalized spacial score (nSPS) is 19.9. The highest BCUT2D eigenvalue weighted by Gasteiger charge is 2.36. The van der Waals surface area contributed by atoms with Gasteiger partial charge >= 0.3 is 0 Å². The lowest BCUT2D eigenvalue weighted by Gasteiger charge is -2.30. The summed E-state index contributed by atoms with van der Waals surface area (Å²) < 4.78 is 6.34. The predicted molar refractivity (Wildman–Crippen MR) is 132 cm³/mol. The number of methoxy groups -OCH3 is 1. The first-order valence-corrected chi connectivity index (χ1v) is 11.6. The molecule has 0 radical (unpaired) electrons. The molecule has 3 aromatic carbocycles. The minimum atomic E-state index is -0.206. The summed E-state index contributed by atoms with van der Waals surface area (Å²) in [6.07, 6.45) is 1.28. The molecule has 3 aromatic rings. The third kappa shape index (κ3) is 3.82. The average Bonchev–Trinajstić information content (AvgIpc) is 2.98. The van der Waals surface area contributed by atoms with Crippen LogP contribution in [0.2, 0.25) is 0 Å². The zero-order valence-corrected chi connectivity index (χ0v) is 19.7. The van der Waals surface area contributed by atoms with Crippen LogP contribution < -0.4 is 15.4 Å². The number of para-hydroxylation sites is 2. The van der Waals surface area contributed by atoms with Crippen LogP contribution in [0.1, 0.15) is 41.5 Å². The van der Waals surface area contributed by atoms with Crippen LogP contribution in [0.4, 0.5) is 11.4 Å². The highest BCUT2D eigenvalue weighted by molar-refractivity contribution is 9.10. The molecule has 5 heteroatoms. The monoisotopic (exact) mass is 488 g/mol. The number of ketones is 1. The van der Waals surface area contributed by atoms with Gasteiger partial charge in [-0.3, -0.25) is 4.79 Å². The highest BCUT2D eigenvalue weighted by atomic mass is 79.9. The van der Waals surface area contributed by atoms with Gasteiger partial charge in [0.25, 0.3) is 0 Å². The number of nitrogens with one attached hydrogen (secondary N) is 2. The van der Waals surface area contributed by atoms with Gasteiger partial charge in [-0.2, -0.15) is 0 Å². The first-order chi connectivity index (χ1) is 15.5. The van der Waals surface area contributed by atoms with Gasteiger partial charge in [0.1, 0.15) is 5.75 Å². The van der Waals surface area contributed by atoms with E-state index in [9.17, 15) is 4.79 Å². The van der Waals surface area contributed by atoms with E-state index in [1.807, 2.05) is 24.3 Å². The van der Waals surface area contributed by atoms with E-state index >= 15 is 0 Å². The maximum absolute atomic E-state index is 13.6. The van der Waals surface area contributed by atoms with Gasteiger partial charge in [0.15, 0.2) is 5.78 Å². The number of aryl methyl sites for hydroxylation is 1. The van der Waals surface area contributed by atoms with Gasteiger partial charge in [-0.25, -0.2) is 0 Å². The van der Waals surface area contributed by atoms with E-state index in [0.29, 0.717) is 6.42 Å². The van der Waals surface area contributed by atoms with Gasteiger partial charge in [0.2, 0.25) is 0 Å². The quantitative estimate of drug-likeness (QED) is 0.428. The molecule has 0 saturated heterocycles. The molecule has 2 N–H and O–H groups in total. The Hall–Kier alpha value is -3.05. The Morgan fingerprint density at radius 1 is 0.938 bits per heavy atom. The summed E-state index contributed by atoms with van der Waals surface area (Å²) in [5.74, 6) is 1.14. The lowest BCUT2D eigenvalue weighted by Crippen LogP contribution is -2.26. The van der Waals surface area contributed by atoms with Crippen molar-refractivity contribution in [3.63, 3.8) is 0 Å². The van der Waals surface area contributed by atoms with Crippen LogP contribution >= 0.6 is 15.9 Å². The number of allylic oxidation sites excluding steroid dienone is 1. The summed E-state index contributed by atoms with van der Waals surface area (Å²) in [5, 5.41) is 7.24. The first-order valence-electron chi connectivity index (χ1n) is 10.8. The fraction of sp³-hybridized carbons (Fsp3) is 0.222. The molecular weight excluding hydrogens is 464 g/mol. The molecule has 162 valence electrons. The van der Waals surface area contributed by atoms with E-state index in [1.165, 1.54) is 5.56 Å². The van der Waals surface area contributed by atoms with Crippen molar-refractivity contribution in [1.29, 1.82) is 0 Å². The third-order valence-electron chi connectivity index (χ3n) is 6.43. The van der Waals surface area contributed by atoms with E-state index in [4.69, 9.17) is 4.74 Å². The van der Waals surface area contributed by atoms with Crippen molar-refractivity contribution < 1.29 is 9.53 Å². The number of benzene rings is 3. The molecule has 0 amide bonds. The Kier molecular flexibility index (Phi) is 5.51. The van der Waals surface area contributed by atoms with Crippen LogP contribution in [0.15, 0.2) is 82.5 Å².